The van der Waals surface area contributed by atoms with Crippen LogP contribution >= 0.6 is 0 Å². The first kappa shape index (κ1) is 33.1. The molecule has 6 aromatic carbocycles. The van der Waals surface area contributed by atoms with Crippen molar-refractivity contribution in [1.82, 2.24) is 0 Å². The van der Waals surface area contributed by atoms with Crippen LogP contribution in [-0.4, -0.2) is 9.52 Å². The van der Waals surface area contributed by atoms with Gasteiger partial charge in [0.2, 0.25) is 0 Å². The third-order valence-electron chi connectivity index (χ3n) is 5.24. The molecule has 2 radical (unpaired) electrons. The topological polar surface area (TPSA) is 0 Å². The summed E-state index contributed by atoms with van der Waals surface area (Å²) in [7, 11) is 1.20. The fraction of sp³-hybridized carbons (Fsp3) is 0.167. The second kappa shape index (κ2) is 21.0. The van der Waals surface area contributed by atoms with E-state index in [2.05, 4.69) is 113 Å². The Morgan fingerprint density at radius 1 is 0.553 bits per heavy atom. The molecule has 0 aliphatic rings. The summed E-state index contributed by atoms with van der Waals surface area (Å²) in [5.41, 5.74) is 2.70. The largest absolute Gasteiger partial charge is 4.00 e. The molecule has 0 saturated heterocycles. The van der Waals surface area contributed by atoms with Gasteiger partial charge in [0.15, 0.2) is 0 Å². The second-order valence-electron chi connectivity index (χ2n) is 8.44. The van der Waals surface area contributed by atoms with Crippen LogP contribution in [0.4, 0.5) is 0 Å². The van der Waals surface area contributed by atoms with Gasteiger partial charge in [-0.2, -0.15) is 84.9 Å². The number of aryl methyl sites for hydroxylation is 2. The molecule has 0 aliphatic carbocycles. The summed E-state index contributed by atoms with van der Waals surface area (Å²) >= 11 is 0. The molecular weight excluding hydrogens is 508 g/mol. The minimum Gasteiger partial charge on any atom is -0.184 e. The van der Waals surface area contributed by atoms with E-state index in [0.29, 0.717) is 0 Å². The van der Waals surface area contributed by atoms with E-state index in [9.17, 15) is 0 Å². The van der Waals surface area contributed by atoms with Crippen molar-refractivity contribution >= 4 is 31.1 Å². The molecule has 2 heteroatoms. The maximum Gasteiger partial charge on any atom is 4.00 e. The van der Waals surface area contributed by atoms with E-state index in [0.717, 1.165) is 0 Å². The molecule has 0 saturated carbocycles. The van der Waals surface area contributed by atoms with Crippen LogP contribution in [0.15, 0.2) is 133 Å². The van der Waals surface area contributed by atoms with E-state index in [4.69, 9.17) is 0 Å². The van der Waals surface area contributed by atoms with Gasteiger partial charge in [0, 0.05) is 9.52 Å². The summed E-state index contributed by atoms with van der Waals surface area (Å²) in [6.07, 6.45) is 0. The minimum absolute atomic E-state index is 0. The van der Waals surface area contributed by atoms with Gasteiger partial charge in [0.05, 0.1) is 0 Å². The van der Waals surface area contributed by atoms with Crippen LogP contribution in [0, 0.1) is 26.0 Å². The fourth-order valence-electron chi connectivity index (χ4n) is 3.55. The molecular formula is C36H38SiTi. The normalized spacial score (nSPS) is 9.16. The molecule has 0 N–H and O–H groups in total. The van der Waals surface area contributed by atoms with Crippen molar-refractivity contribution in [3.05, 3.63) is 157 Å². The van der Waals surface area contributed by atoms with Gasteiger partial charge in [-0.05, 0) is 0 Å². The van der Waals surface area contributed by atoms with Crippen molar-refractivity contribution in [2.45, 2.75) is 39.8 Å². The Morgan fingerprint density at radius 2 is 0.921 bits per heavy atom. The zero-order valence-electron chi connectivity index (χ0n) is 23.1. The summed E-state index contributed by atoms with van der Waals surface area (Å²) < 4.78 is 0. The smallest absolute Gasteiger partial charge is 0.184 e. The average Bonchev–Trinajstić information content (AvgIpc) is 3.53. The summed E-state index contributed by atoms with van der Waals surface area (Å²) in [5.74, 6) is 0. The van der Waals surface area contributed by atoms with E-state index in [1.807, 2.05) is 60.7 Å². The van der Waals surface area contributed by atoms with Gasteiger partial charge in [-0.15, -0.1) is 81.2 Å². The first-order chi connectivity index (χ1) is 18.1. The molecule has 0 unspecified atom stereocenters. The molecule has 190 valence electrons. The first-order valence-corrected chi connectivity index (χ1v) is 14.3. The van der Waals surface area contributed by atoms with Gasteiger partial charge in [0.1, 0.15) is 0 Å². The summed E-state index contributed by atoms with van der Waals surface area (Å²) in [4.78, 5) is 0. The summed E-state index contributed by atoms with van der Waals surface area (Å²) in [6, 6.07) is 53.4. The Balaban J connectivity index is 0.000000244. The molecule has 6 aromatic rings. The molecule has 6 rings (SSSR count). The van der Waals surface area contributed by atoms with Crippen LogP contribution in [0.3, 0.4) is 0 Å². The molecule has 0 amide bonds. The van der Waals surface area contributed by atoms with Crippen molar-refractivity contribution in [1.29, 1.82) is 0 Å². The van der Waals surface area contributed by atoms with Crippen molar-refractivity contribution in [2.24, 2.45) is 0 Å². The zero-order valence-corrected chi connectivity index (χ0v) is 25.7. The van der Waals surface area contributed by atoms with Crippen molar-refractivity contribution in [3.63, 3.8) is 0 Å². The van der Waals surface area contributed by atoms with E-state index < -0.39 is 0 Å². The molecule has 0 aromatic heterocycles. The van der Waals surface area contributed by atoms with Crippen LogP contribution in [0.5, 0.6) is 0 Å². The monoisotopic (exact) mass is 546 g/mol. The maximum atomic E-state index is 2.89. The number of benzene rings is 4. The number of hydrogen-bond donors (Lipinski definition) is 0. The van der Waals surface area contributed by atoms with Crippen molar-refractivity contribution in [3.8, 4) is 0 Å². The van der Waals surface area contributed by atoms with Crippen LogP contribution < -0.4 is 0 Å². The second-order valence-corrected chi connectivity index (χ2v) is 10.3. The third-order valence-corrected chi connectivity index (χ3v) is 6.24. The molecule has 0 aliphatic heterocycles. The van der Waals surface area contributed by atoms with Crippen molar-refractivity contribution in [2.75, 3.05) is 0 Å². The van der Waals surface area contributed by atoms with Gasteiger partial charge >= 0.3 is 21.7 Å². The van der Waals surface area contributed by atoms with Gasteiger partial charge in [-0.1, -0.05) is 51.9 Å². The SMILES string of the molecule is CC[Si]CC.Cc1cc2ccccc2[cH-]1.Cc1cc2ccccc2[cH-]1.[Ti+4].[c-]1ccccc1.[c-]1ccccc1. The van der Waals surface area contributed by atoms with Crippen LogP contribution in [0.1, 0.15) is 25.0 Å². The fourth-order valence-corrected chi connectivity index (χ4v) is 4.05. The Bertz CT molecular complexity index is 1110. The van der Waals surface area contributed by atoms with E-state index in [1.54, 1.807) is 0 Å². The van der Waals surface area contributed by atoms with Gasteiger partial charge < -0.3 is 0 Å². The van der Waals surface area contributed by atoms with Crippen LogP contribution in [0.25, 0.3) is 21.5 Å². The van der Waals surface area contributed by atoms with E-state index in [-0.39, 0.29) is 21.7 Å². The Hall–Kier alpha value is -2.97. The first-order valence-electron chi connectivity index (χ1n) is 12.9. The number of fused-ring (bicyclic) bond motifs is 2. The Morgan fingerprint density at radius 3 is 1.16 bits per heavy atom. The number of rotatable bonds is 2. The molecule has 0 nitrogen and oxygen atoms in total. The molecule has 0 atom stereocenters. The molecule has 0 fully saturated rings. The van der Waals surface area contributed by atoms with Gasteiger partial charge in [-0.3, -0.25) is 0 Å². The molecule has 0 bridgehead atoms. The summed E-state index contributed by atoms with van der Waals surface area (Å²) in [5, 5.41) is 5.39. The predicted octanol–water partition coefficient (Wildman–Crippen LogP) is 10.3. The van der Waals surface area contributed by atoms with E-state index >= 15 is 0 Å². The Kier molecular flexibility index (Phi) is 18.3. The minimum atomic E-state index is 0. The summed E-state index contributed by atoms with van der Waals surface area (Å²) in [6.45, 7) is 8.70. The number of hydrogen-bond acceptors (Lipinski definition) is 0. The predicted molar refractivity (Wildman–Crippen MR) is 166 cm³/mol. The average molecular weight is 547 g/mol. The van der Waals surface area contributed by atoms with E-state index in [1.165, 1.54) is 54.3 Å². The Labute approximate surface area is 248 Å². The standard InChI is InChI=1S/2C10H9.2C6H5.C4H10Si.Ti/c2*1-8-6-9-4-2-3-5-10(9)7-8;2*1-2-4-6-5-3-1;1-3-5-4-2;/h2*2-7H,1H3;2*1-5H;3-4H2,1-2H3;/q4*-1;;+4. The van der Waals surface area contributed by atoms with Crippen LogP contribution in [0.2, 0.25) is 12.1 Å². The quantitative estimate of drug-likeness (QED) is 0.150. The molecule has 0 spiro atoms. The third kappa shape index (κ3) is 14.1. The maximum absolute atomic E-state index is 2.89. The van der Waals surface area contributed by atoms with Gasteiger partial charge in [-0.25, -0.2) is 0 Å². The van der Waals surface area contributed by atoms with Crippen molar-refractivity contribution < 1.29 is 21.7 Å². The van der Waals surface area contributed by atoms with Gasteiger partial charge in [0.25, 0.3) is 0 Å². The van der Waals surface area contributed by atoms with Crippen LogP contribution in [-0.2, 0) is 21.7 Å². The zero-order chi connectivity index (χ0) is 26.6. The molecule has 38 heavy (non-hydrogen) atoms. The molecule has 0 heterocycles.